The molecule has 0 spiro atoms. The zero-order chi connectivity index (χ0) is 20.5. The molecule has 3 nitrogen and oxygen atoms in total. The number of nitrogens with zero attached hydrogens (tertiary/aromatic N) is 3. The molecule has 1 aliphatic rings. The van der Waals surface area contributed by atoms with E-state index in [9.17, 15) is 0 Å². The molecule has 3 heteroatoms. The molecule has 0 radical (unpaired) electrons. The van der Waals surface area contributed by atoms with Crippen LogP contribution < -0.4 is 0 Å². The molecule has 5 rings (SSSR count). The van der Waals surface area contributed by atoms with Gasteiger partial charge in [-0.15, -0.1) is 0 Å². The first-order valence-electron chi connectivity index (χ1n) is 11.0. The summed E-state index contributed by atoms with van der Waals surface area (Å²) in [4.78, 5) is 7.07. The highest BCUT2D eigenvalue weighted by molar-refractivity contribution is 5.86. The Morgan fingerprint density at radius 3 is 2.60 bits per heavy atom. The van der Waals surface area contributed by atoms with Crippen LogP contribution in [0.1, 0.15) is 33.6 Å². The van der Waals surface area contributed by atoms with Crippen LogP contribution >= 0.6 is 0 Å². The molecule has 3 heterocycles. The summed E-state index contributed by atoms with van der Waals surface area (Å²) in [6.07, 6.45) is 4.16. The van der Waals surface area contributed by atoms with Gasteiger partial charge in [0.25, 0.3) is 0 Å². The molecule has 0 saturated carbocycles. The van der Waals surface area contributed by atoms with E-state index in [0.29, 0.717) is 0 Å². The third-order valence-corrected chi connectivity index (χ3v) is 6.33. The highest BCUT2D eigenvalue weighted by Gasteiger charge is 2.24. The maximum absolute atomic E-state index is 4.47. The SMILES string of the molecule is Cc1ccc2c(c1)c1c(n2CCc2ccc(C)nc2)CCN(Cc2ccccc2)C1. The quantitative estimate of drug-likeness (QED) is 0.448. The van der Waals surface area contributed by atoms with Crippen LogP contribution in [0.2, 0.25) is 0 Å². The van der Waals surface area contributed by atoms with Crippen LogP contribution in [0.15, 0.2) is 66.9 Å². The monoisotopic (exact) mass is 395 g/mol. The van der Waals surface area contributed by atoms with E-state index < -0.39 is 0 Å². The summed E-state index contributed by atoms with van der Waals surface area (Å²) in [6, 6.07) is 22.1. The Balaban J connectivity index is 1.45. The first kappa shape index (κ1) is 19.1. The lowest BCUT2D eigenvalue weighted by Crippen LogP contribution is -2.30. The molecule has 30 heavy (non-hydrogen) atoms. The van der Waals surface area contributed by atoms with E-state index in [4.69, 9.17) is 0 Å². The van der Waals surface area contributed by atoms with Crippen LogP contribution in [0.4, 0.5) is 0 Å². The van der Waals surface area contributed by atoms with E-state index >= 15 is 0 Å². The van der Waals surface area contributed by atoms with Crippen LogP contribution in [0.25, 0.3) is 10.9 Å². The normalized spacial score (nSPS) is 14.2. The average Bonchev–Trinajstić information content (AvgIpc) is 3.06. The second-order valence-electron chi connectivity index (χ2n) is 8.60. The van der Waals surface area contributed by atoms with Gasteiger partial charge in [-0.3, -0.25) is 9.88 Å². The molecule has 0 bridgehead atoms. The van der Waals surface area contributed by atoms with Gasteiger partial charge in [0.1, 0.15) is 0 Å². The molecule has 0 fully saturated rings. The highest BCUT2D eigenvalue weighted by Crippen LogP contribution is 2.32. The highest BCUT2D eigenvalue weighted by atomic mass is 15.1. The van der Waals surface area contributed by atoms with Crippen LogP contribution in [0.5, 0.6) is 0 Å². The van der Waals surface area contributed by atoms with E-state index in [2.05, 4.69) is 82.0 Å². The Labute approximate surface area is 179 Å². The van der Waals surface area contributed by atoms with Crippen molar-refractivity contribution in [3.05, 3.63) is 101 Å². The Kier molecular flexibility index (Phi) is 5.14. The third-order valence-electron chi connectivity index (χ3n) is 6.33. The molecule has 0 saturated heterocycles. The molecule has 4 aromatic rings. The second-order valence-corrected chi connectivity index (χ2v) is 8.60. The van der Waals surface area contributed by atoms with Gasteiger partial charge < -0.3 is 4.57 Å². The van der Waals surface area contributed by atoms with Crippen molar-refractivity contribution < 1.29 is 0 Å². The van der Waals surface area contributed by atoms with Crippen molar-refractivity contribution in [1.82, 2.24) is 14.5 Å². The minimum Gasteiger partial charge on any atom is -0.344 e. The summed E-state index contributed by atoms with van der Waals surface area (Å²) in [5, 5.41) is 1.43. The number of hydrogen-bond acceptors (Lipinski definition) is 2. The molecular formula is C27H29N3. The van der Waals surface area contributed by atoms with Gasteiger partial charge in [-0.25, -0.2) is 0 Å². The van der Waals surface area contributed by atoms with E-state index in [1.165, 1.54) is 38.9 Å². The predicted octanol–water partition coefficient (Wildman–Crippen LogP) is 5.45. The fourth-order valence-corrected chi connectivity index (χ4v) is 4.74. The molecule has 152 valence electrons. The molecule has 1 aliphatic heterocycles. The third kappa shape index (κ3) is 3.78. The van der Waals surface area contributed by atoms with Crippen molar-refractivity contribution in [3.63, 3.8) is 0 Å². The van der Waals surface area contributed by atoms with Gasteiger partial charge in [-0.2, -0.15) is 0 Å². The van der Waals surface area contributed by atoms with E-state index in [0.717, 1.165) is 44.7 Å². The zero-order valence-corrected chi connectivity index (χ0v) is 17.9. The van der Waals surface area contributed by atoms with Gasteiger partial charge in [0.15, 0.2) is 0 Å². The van der Waals surface area contributed by atoms with Crippen molar-refractivity contribution in [2.24, 2.45) is 0 Å². The molecule has 2 aromatic heterocycles. The van der Waals surface area contributed by atoms with Crippen LogP contribution in [-0.2, 0) is 32.5 Å². The Morgan fingerprint density at radius 2 is 1.80 bits per heavy atom. The summed E-state index contributed by atoms with van der Waals surface area (Å²) in [6.45, 7) is 8.42. The van der Waals surface area contributed by atoms with Gasteiger partial charge in [0, 0.05) is 61.1 Å². The van der Waals surface area contributed by atoms with Crippen molar-refractivity contribution in [2.45, 2.75) is 46.3 Å². The van der Waals surface area contributed by atoms with Crippen LogP contribution in [0, 0.1) is 13.8 Å². The number of hydrogen-bond donors (Lipinski definition) is 0. The second kappa shape index (κ2) is 8.08. The summed E-state index contributed by atoms with van der Waals surface area (Å²) in [5.74, 6) is 0. The Morgan fingerprint density at radius 1 is 0.933 bits per heavy atom. The van der Waals surface area contributed by atoms with Crippen molar-refractivity contribution >= 4 is 10.9 Å². The maximum atomic E-state index is 4.47. The summed E-state index contributed by atoms with van der Waals surface area (Å²) < 4.78 is 2.57. The predicted molar refractivity (Wildman–Crippen MR) is 124 cm³/mol. The first-order valence-corrected chi connectivity index (χ1v) is 11.0. The fourth-order valence-electron chi connectivity index (χ4n) is 4.74. The fraction of sp³-hybridized carbons (Fsp3) is 0.296. The number of fused-ring (bicyclic) bond motifs is 3. The number of aromatic nitrogens is 2. The molecular weight excluding hydrogens is 366 g/mol. The number of aryl methyl sites for hydroxylation is 4. The van der Waals surface area contributed by atoms with Gasteiger partial charge in [-0.1, -0.05) is 48.0 Å². The molecule has 0 aliphatic carbocycles. The van der Waals surface area contributed by atoms with Crippen molar-refractivity contribution in [1.29, 1.82) is 0 Å². The summed E-state index contributed by atoms with van der Waals surface area (Å²) in [7, 11) is 0. The van der Waals surface area contributed by atoms with E-state index in [1.54, 1.807) is 0 Å². The molecule has 0 atom stereocenters. The first-order chi connectivity index (χ1) is 14.7. The minimum atomic E-state index is 1.01. The van der Waals surface area contributed by atoms with Crippen molar-refractivity contribution in [2.75, 3.05) is 6.54 Å². The van der Waals surface area contributed by atoms with Crippen molar-refractivity contribution in [3.8, 4) is 0 Å². The summed E-state index contributed by atoms with van der Waals surface area (Å²) >= 11 is 0. The Hall–Kier alpha value is -2.91. The maximum Gasteiger partial charge on any atom is 0.0486 e. The van der Waals surface area contributed by atoms with Gasteiger partial charge >= 0.3 is 0 Å². The molecule has 0 amide bonds. The molecule has 0 N–H and O–H groups in total. The number of pyridine rings is 1. The summed E-state index contributed by atoms with van der Waals surface area (Å²) in [5.41, 5.74) is 9.56. The zero-order valence-electron chi connectivity index (χ0n) is 17.9. The van der Waals surface area contributed by atoms with Gasteiger partial charge in [-0.05, 0) is 55.2 Å². The van der Waals surface area contributed by atoms with E-state index in [-0.39, 0.29) is 0 Å². The lowest BCUT2D eigenvalue weighted by atomic mass is 10.0. The topological polar surface area (TPSA) is 21.1 Å². The van der Waals surface area contributed by atoms with E-state index in [1.807, 2.05) is 13.1 Å². The minimum absolute atomic E-state index is 1.01. The smallest absolute Gasteiger partial charge is 0.0486 e. The number of benzene rings is 2. The standard InChI is InChI=1S/C27H29N3/c1-20-8-11-26-24(16-20)25-19-29(18-23-6-4-3-5-7-23)14-13-27(25)30(26)15-12-22-10-9-21(2)28-17-22/h3-11,16-17H,12-15,18-19H2,1-2H3. The molecule has 2 aromatic carbocycles. The lowest BCUT2D eigenvalue weighted by Gasteiger charge is -2.28. The number of rotatable bonds is 5. The van der Waals surface area contributed by atoms with Gasteiger partial charge in [0.05, 0.1) is 0 Å². The van der Waals surface area contributed by atoms with Crippen LogP contribution in [-0.4, -0.2) is 21.0 Å². The Bertz CT molecular complexity index is 1160. The molecule has 0 unspecified atom stereocenters. The largest absolute Gasteiger partial charge is 0.344 e. The lowest BCUT2D eigenvalue weighted by molar-refractivity contribution is 0.243. The average molecular weight is 396 g/mol. The van der Waals surface area contributed by atoms with Crippen LogP contribution in [0.3, 0.4) is 0 Å². The van der Waals surface area contributed by atoms with Gasteiger partial charge in [0.2, 0.25) is 0 Å².